The van der Waals surface area contributed by atoms with E-state index in [4.69, 9.17) is 14.9 Å². The van der Waals surface area contributed by atoms with Crippen LogP contribution in [0.5, 0.6) is 0 Å². The fraction of sp³-hybridized carbons (Fsp3) is 0.667. The standard InChI is InChI=1S/C11H23NO2.C10H14O2/c1-4-5-6-7-12-8-11(13)14-9-10(2)3;11-7-6-10(8-12)9-4-2-1-3-5-9/h10,12H,4-9H2,1-3H3;1-5,10-12H,6-8H2. The third-order valence-corrected chi connectivity index (χ3v) is 3.77. The molecule has 0 aliphatic carbocycles. The van der Waals surface area contributed by atoms with Gasteiger partial charge in [-0.1, -0.05) is 63.9 Å². The highest BCUT2D eigenvalue weighted by Gasteiger charge is 2.08. The minimum absolute atomic E-state index is 0.0798. The molecule has 0 heterocycles. The predicted molar refractivity (Wildman–Crippen MR) is 106 cm³/mol. The van der Waals surface area contributed by atoms with Crippen molar-refractivity contribution in [2.24, 2.45) is 5.92 Å². The van der Waals surface area contributed by atoms with Gasteiger partial charge in [-0.25, -0.2) is 0 Å². The van der Waals surface area contributed by atoms with Crippen LogP contribution >= 0.6 is 0 Å². The Hall–Kier alpha value is -1.43. The summed E-state index contributed by atoms with van der Waals surface area (Å²) in [6.45, 7) is 8.22. The molecule has 0 radical (unpaired) electrons. The molecular formula is C21H37NO4. The van der Waals surface area contributed by atoms with Crippen molar-refractivity contribution in [2.45, 2.75) is 52.4 Å². The van der Waals surface area contributed by atoms with E-state index in [2.05, 4.69) is 12.2 Å². The van der Waals surface area contributed by atoms with Gasteiger partial charge in [-0.3, -0.25) is 4.79 Å². The van der Waals surface area contributed by atoms with E-state index in [9.17, 15) is 4.79 Å². The van der Waals surface area contributed by atoms with Crippen molar-refractivity contribution in [1.82, 2.24) is 5.32 Å². The molecule has 150 valence electrons. The van der Waals surface area contributed by atoms with E-state index in [0.29, 0.717) is 25.5 Å². The van der Waals surface area contributed by atoms with Crippen LogP contribution in [0.25, 0.3) is 0 Å². The van der Waals surface area contributed by atoms with Crippen molar-refractivity contribution in [1.29, 1.82) is 0 Å². The average molecular weight is 368 g/mol. The summed E-state index contributed by atoms with van der Waals surface area (Å²) in [7, 11) is 0. The van der Waals surface area contributed by atoms with Crippen LogP contribution < -0.4 is 5.32 Å². The maximum absolute atomic E-state index is 11.1. The number of hydrogen-bond donors (Lipinski definition) is 3. The van der Waals surface area contributed by atoms with Crippen LogP contribution in [-0.2, 0) is 9.53 Å². The first-order valence-electron chi connectivity index (χ1n) is 9.68. The molecule has 0 aliphatic rings. The summed E-state index contributed by atoms with van der Waals surface area (Å²) in [5, 5.41) is 20.8. The first kappa shape index (κ1) is 24.6. The number of carbonyl (C=O) groups excluding carboxylic acids is 1. The average Bonchev–Trinajstić information content (AvgIpc) is 2.65. The van der Waals surface area contributed by atoms with Crippen molar-refractivity contribution in [3.05, 3.63) is 35.9 Å². The van der Waals surface area contributed by atoms with Crippen LogP contribution in [0.15, 0.2) is 30.3 Å². The second-order valence-corrected chi connectivity index (χ2v) is 6.76. The molecule has 0 amide bonds. The number of aliphatic hydroxyl groups is 2. The SMILES string of the molecule is CCCCCNCC(=O)OCC(C)C.OCCC(CO)c1ccccc1. The Morgan fingerprint density at radius 2 is 1.85 bits per heavy atom. The first-order valence-corrected chi connectivity index (χ1v) is 9.68. The third-order valence-electron chi connectivity index (χ3n) is 3.77. The molecule has 5 nitrogen and oxygen atoms in total. The molecule has 1 aromatic carbocycles. The van der Waals surface area contributed by atoms with Gasteiger partial charge in [0.1, 0.15) is 0 Å². The van der Waals surface area contributed by atoms with E-state index in [-0.39, 0.29) is 25.1 Å². The molecule has 0 saturated carbocycles. The Kier molecular flexibility index (Phi) is 16.1. The topological polar surface area (TPSA) is 78.8 Å². The predicted octanol–water partition coefficient (Wildman–Crippen LogP) is 3.11. The Labute approximate surface area is 158 Å². The molecule has 0 saturated heterocycles. The van der Waals surface area contributed by atoms with Crippen LogP contribution in [0.2, 0.25) is 0 Å². The fourth-order valence-electron chi connectivity index (χ4n) is 2.25. The molecule has 0 aromatic heterocycles. The lowest BCUT2D eigenvalue weighted by Crippen LogP contribution is -2.26. The molecule has 1 rings (SSSR count). The monoisotopic (exact) mass is 367 g/mol. The summed E-state index contributed by atoms with van der Waals surface area (Å²) in [5.74, 6) is 0.352. The van der Waals surface area contributed by atoms with E-state index in [0.717, 1.165) is 18.5 Å². The zero-order valence-electron chi connectivity index (χ0n) is 16.6. The second kappa shape index (κ2) is 17.0. The first-order chi connectivity index (χ1) is 12.5. The highest BCUT2D eigenvalue weighted by atomic mass is 16.5. The van der Waals surface area contributed by atoms with Gasteiger partial charge in [0.05, 0.1) is 19.8 Å². The van der Waals surface area contributed by atoms with Gasteiger partial charge in [-0.05, 0) is 30.9 Å². The zero-order valence-corrected chi connectivity index (χ0v) is 16.6. The number of hydrogen-bond acceptors (Lipinski definition) is 5. The Morgan fingerprint density at radius 1 is 1.15 bits per heavy atom. The van der Waals surface area contributed by atoms with Crippen LogP contribution in [0.1, 0.15) is 57.9 Å². The van der Waals surface area contributed by atoms with Crippen LogP contribution in [0.3, 0.4) is 0 Å². The summed E-state index contributed by atoms with van der Waals surface area (Å²) in [5.41, 5.74) is 1.09. The van der Waals surface area contributed by atoms with Crippen LogP contribution in [-0.4, -0.2) is 49.1 Å². The Morgan fingerprint density at radius 3 is 2.38 bits per heavy atom. The zero-order chi connectivity index (χ0) is 19.6. The van der Waals surface area contributed by atoms with Crippen molar-refractivity contribution in [2.75, 3.05) is 32.9 Å². The summed E-state index contributed by atoms with van der Waals surface area (Å²) >= 11 is 0. The highest BCUT2D eigenvalue weighted by Crippen LogP contribution is 2.17. The smallest absolute Gasteiger partial charge is 0.319 e. The minimum Gasteiger partial charge on any atom is -0.464 e. The van der Waals surface area contributed by atoms with Crippen molar-refractivity contribution >= 4 is 5.97 Å². The molecule has 0 spiro atoms. The second-order valence-electron chi connectivity index (χ2n) is 6.76. The normalized spacial score (nSPS) is 11.6. The minimum atomic E-state index is -0.143. The number of nitrogens with one attached hydrogen (secondary N) is 1. The lowest BCUT2D eigenvalue weighted by molar-refractivity contribution is -0.143. The largest absolute Gasteiger partial charge is 0.464 e. The maximum Gasteiger partial charge on any atom is 0.319 e. The molecule has 0 bridgehead atoms. The number of unbranched alkanes of at least 4 members (excludes halogenated alkanes) is 2. The maximum atomic E-state index is 11.1. The summed E-state index contributed by atoms with van der Waals surface area (Å²) in [6.07, 6.45) is 4.18. The Bertz CT molecular complexity index is 437. The molecule has 1 atom stereocenters. The van der Waals surface area contributed by atoms with Gasteiger partial charge in [0.2, 0.25) is 0 Å². The molecule has 1 aromatic rings. The van der Waals surface area contributed by atoms with Gasteiger partial charge in [0, 0.05) is 12.5 Å². The van der Waals surface area contributed by atoms with Gasteiger partial charge >= 0.3 is 5.97 Å². The van der Waals surface area contributed by atoms with Gasteiger partial charge < -0.3 is 20.3 Å². The van der Waals surface area contributed by atoms with Crippen molar-refractivity contribution < 1.29 is 19.7 Å². The van der Waals surface area contributed by atoms with Gasteiger partial charge in [-0.15, -0.1) is 0 Å². The molecule has 0 fully saturated rings. The van der Waals surface area contributed by atoms with E-state index < -0.39 is 0 Å². The molecular weight excluding hydrogens is 330 g/mol. The van der Waals surface area contributed by atoms with E-state index in [1.54, 1.807) is 0 Å². The number of ether oxygens (including phenoxy) is 1. The van der Waals surface area contributed by atoms with Crippen LogP contribution in [0, 0.1) is 5.92 Å². The van der Waals surface area contributed by atoms with Crippen molar-refractivity contribution in [3.8, 4) is 0 Å². The number of esters is 1. The fourth-order valence-corrected chi connectivity index (χ4v) is 2.25. The van der Waals surface area contributed by atoms with Gasteiger partial charge in [0.15, 0.2) is 0 Å². The quantitative estimate of drug-likeness (QED) is 0.391. The van der Waals surface area contributed by atoms with E-state index in [1.807, 2.05) is 44.2 Å². The number of carbonyl (C=O) groups is 1. The van der Waals surface area contributed by atoms with Gasteiger partial charge in [0.25, 0.3) is 0 Å². The lowest BCUT2D eigenvalue weighted by atomic mass is 9.97. The lowest BCUT2D eigenvalue weighted by Gasteiger charge is -2.12. The summed E-state index contributed by atoms with van der Waals surface area (Å²) in [6, 6.07) is 9.76. The van der Waals surface area contributed by atoms with Crippen LogP contribution in [0.4, 0.5) is 0 Å². The molecule has 3 N–H and O–H groups in total. The number of benzene rings is 1. The summed E-state index contributed by atoms with van der Waals surface area (Å²) < 4.78 is 5.01. The molecule has 0 aliphatic heterocycles. The van der Waals surface area contributed by atoms with E-state index in [1.165, 1.54) is 12.8 Å². The highest BCUT2D eigenvalue weighted by molar-refractivity contribution is 5.71. The van der Waals surface area contributed by atoms with Crippen molar-refractivity contribution in [3.63, 3.8) is 0 Å². The number of aliphatic hydroxyl groups excluding tert-OH is 2. The Balaban J connectivity index is 0.000000485. The molecule has 1 unspecified atom stereocenters. The third kappa shape index (κ3) is 13.8. The summed E-state index contributed by atoms with van der Waals surface area (Å²) in [4.78, 5) is 11.1. The molecule has 26 heavy (non-hydrogen) atoms. The van der Waals surface area contributed by atoms with E-state index >= 15 is 0 Å². The number of rotatable bonds is 12. The van der Waals surface area contributed by atoms with Gasteiger partial charge in [-0.2, -0.15) is 0 Å². The molecule has 5 heteroatoms.